The number of hydrogen-bond acceptors (Lipinski definition) is 1. The van der Waals surface area contributed by atoms with Crippen LogP contribution >= 0.6 is 22.6 Å². The van der Waals surface area contributed by atoms with Crippen LogP contribution in [0, 0.1) is 3.57 Å². The second-order valence-electron chi connectivity index (χ2n) is 6.70. The Kier molecular flexibility index (Phi) is 14.1. The molecule has 0 aliphatic carbocycles. The Balaban J connectivity index is 1.77. The van der Waals surface area contributed by atoms with Gasteiger partial charge in [0.05, 0.1) is 0 Å². The van der Waals surface area contributed by atoms with Crippen LogP contribution in [0.15, 0.2) is 24.3 Å². The Labute approximate surface area is 157 Å². The number of hydrogen-bond donors (Lipinski definition) is 1. The van der Waals surface area contributed by atoms with Gasteiger partial charge in [0.15, 0.2) is 0 Å². The maximum absolute atomic E-state index is 8.71. The summed E-state index contributed by atoms with van der Waals surface area (Å²) < 4.78 is 1.33. The Morgan fingerprint density at radius 2 is 0.957 bits per heavy atom. The SMILES string of the molecule is OCCCCCCCCCCCCCCCc1ccc(I)cc1. The molecule has 0 amide bonds. The van der Waals surface area contributed by atoms with Crippen LogP contribution in [0.5, 0.6) is 0 Å². The summed E-state index contributed by atoms with van der Waals surface area (Å²) >= 11 is 2.37. The van der Waals surface area contributed by atoms with Crippen molar-refractivity contribution in [2.24, 2.45) is 0 Å². The van der Waals surface area contributed by atoms with E-state index in [1.807, 2.05) is 0 Å². The summed E-state index contributed by atoms with van der Waals surface area (Å²) in [4.78, 5) is 0. The molecule has 0 aromatic heterocycles. The number of aliphatic hydroxyl groups excluding tert-OH is 1. The van der Waals surface area contributed by atoms with Crippen LogP contribution < -0.4 is 0 Å². The van der Waals surface area contributed by atoms with E-state index in [-0.39, 0.29) is 0 Å². The second kappa shape index (κ2) is 15.4. The van der Waals surface area contributed by atoms with E-state index >= 15 is 0 Å². The van der Waals surface area contributed by atoms with Gasteiger partial charge in [0.2, 0.25) is 0 Å². The number of unbranched alkanes of at least 4 members (excludes halogenated alkanes) is 12. The number of rotatable bonds is 15. The molecule has 1 aromatic rings. The molecule has 0 unspecified atom stereocenters. The van der Waals surface area contributed by atoms with E-state index in [0.717, 1.165) is 6.42 Å². The topological polar surface area (TPSA) is 20.2 Å². The van der Waals surface area contributed by atoms with Crippen LogP contribution in [0.1, 0.15) is 89.0 Å². The molecular weight excluding hydrogens is 395 g/mol. The third kappa shape index (κ3) is 12.9. The molecule has 0 saturated carbocycles. The first-order chi connectivity index (χ1) is 11.3. The van der Waals surface area contributed by atoms with Crippen molar-refractivity contribution in [2.75, 3.05) is 6.61 Å². The normalized spacial score (nSPS) is 11.0. The van der Waals surface area contributed by atoms with Gasteiger partial charge in [0.1, 0.15) is 0 Å². The largest absolute Gasteiger partial charge is 0.396 e. The van der Waals surface area contributed by atoms with Gasteiger partial charge in [-0.3, -0.25) is 0 Å². The third-order valence-electron chi connectivity index (χ3n) is 4.54. The average Bonchev–Trinajstić information content (AvgIpc) is 2.57. The van der Waals surface area contributed by atoms with E-state index in [1.54, 1.807) is 0 Å². The smallest absolute Gasteiger partial charge is 0.0431 e. The summed E-state index contributed by atoms with van der Waals surface area (Å²) in [7, 11) is 0. The molecule has 132 valence electrons. The first kappa shape index (κ1) is 21.0. The molecule has 0 saturated heterocycles. The molecule has 1 N–H and O–H groups in total. The van der Waals surface area contributed by atoms with Crippen molar-refractivity contribution < 1.29 is 5.11 Å². The molecule has 0 radical (unpaired) electrons. The fourth-order valence-corrected chi connectivity index (χ4v) is 3.40. The molecule has 0 fully saturated rings. The predicted octanol–water partition coefficient (Wildman–Crippen LogP) is 6.90. The first-order valence-electron chi connectivity index (χ1n) is 9.68. The van der Waals surface area contributed by atoms with E-state index in [9.17, 15) is 0 Å². The Bertz CT molecular complexity index is 361. The van der Waals surface area contributed by atoms with Crippen LogP contribution in [-0.2, 0) is 6.42 Å². The number of aliphatic hydroxyl groups is 1. The average molecular weight is 430 g/mol. The number of benzene rings is 1. The Hall–Kier alpha value is -0.0900. The van der Waals surface area contributed by atoms with Crippen molar-refractivity contribution in [1.29, 1.82) is 0 Å². The highest BCUT2D eigenvalue weighted by Gasteiger charge is 1.96. The fourth-order valence-electron chi connectivity index (χ4n) is 3.04. The van der Waals surface area contributed by atoms with Gasteiger partial charge >= 0.3 is 0 Å². The third-order valence-corrected chi connectivity index (χ3v) is 5.26. The second-order valence-corrected chi connectivity index (χ2v) is 7.94. The quantitative estimate of drug-likeness (QED) is 0.237. The van der Waals surface area contributed by atoms with Crippen LogP contribution in [0.2, 0.25) is 0 Å². The molecule has 0 atom stereocenters. The number of aryl methyl sites for hydroxylation is 1. The highest BCUT2D eigenvalue weighted by Crippen LogP contribution is 2.14. The zero-order chi connectivity index (χ0) is 16.6. The minimum atomic E-state index is 0.366. The summed E-state index contributed by atoms with van der Waals surface area (Å²) in [6.07, 6.45) is 18.7. The molecule has 0 aliphatic heterocycles. The van der Waals surface area contributed by atoms with Crippen molar-refractivity contribution in [1.82, 2.24) is 0 Å². The molecule has 0 spiro atoms. The van der Waals surface area contributed by atoms with Crippen molar-refractivity contribution >= 4 is 22.6 Å². The van der Waals surface area contributed by atoms with Gasteiger partial charge in [-0.2, -0.15) is 0 Å². The van der Waals surface area contributed by atoms with Gasteiger partial charge in [-0.1, -0.05) is 82.8 Å². The van der Waals surface area contributed by atoms with Gasteiger partial charge < -0.3 is 5.11 Å². The van der Waals surface area contributed by atoms with Crippen LogP contribution in [0.3, 0.4) is 0 Å². The molecule has 1 aromatic carbocycles. The lowest BCUT2D eigenvalue weighted by Crippen LogP contribution is -1.87. The van der Waals surface area contributed by atoms with Crippen molar-refractivity contribution in [3.8, 4) is 0 Å². The molecule has 1 nitrogen and oxygen atoms in total. The van der Waals surface area contributed by atoms with Gasteiger partial charge in [-0.25, -0.2) is 0 Å². The minimum Gasteiger partial charge on any atom is -0.396 e. The lowest BCUT2D eigenvalue weighted by molar-refractivity contribution is 0.282. The molecule has 0 heterocycles. The zero-order valence-corrected chi connectivity index (χ0v) is 16.9. The molecule has 0 bridgehead atoms. The Morgan fingerprint density at radius 3 is 1.39 bits per heavy atom. The molecule has 23 heavy (non-hydrogen) atoms. The lowest BCUT2D eigenvalue weighted by Gasteiger charge is -2.04. The van der Waals surface area contributed by atoms with E-state index in [1.165, 1.54) is 92.6 Å². The minimum absolute atomic E-state index is 0.366. The van der Waals surface area contributed by atoms with Gasteiger partial charge in [0, 0.05) is 10.2 Å². The fraction of sp³-hybridized carbons (Fsp3) is 0.714. The van der Waals surface area contributed by atoms with Crippen molar-refractivity contribution in [3.05, 3.63) is 33.4 Å². The van der Waals surface area contributed by atoms with Gasteiger partial charge in [-0.05, 0) is 59.5 Å². The highest BCUT2D eigenvalue weighted by molar-refractivity contribution is 14.1. The zero-order valence-electron chi connectivity index (χ0n) is 14.7. The lowest BCUT2D eigenvalue weighted by atomic mass is 10.0. The first-order valence-corrected chi connectivity index (χ1v) is 10.8. The monoisotopic (exact) mass is 430 g/mol. The van der Waals surface area contributed by atoms with Gasteiger partial charge in [-0.15, -0.1) is 0 Å². The summed E-state index contributed by atoms with van der Waals surface area (Å²) in [5.41, 5.74) is 1.49. The summed E-state index contributed by atoms with van der Waals surface area (Å²) in [5, 5.41) is 8.71. The predicted molar refractivity (Wildman–Crippen MR) is 110 cm³/mol. The maximum Gasteiger partial charge on any atom is 0.0431 e. The molecule has 2 heteroatoms. The van der Waals surface area contributed by atoms with E-state index in [4.69, 9.17) is 5.11 Å². The van der Waals surface area contributed by atoms with Gasteiger partial charge in [0.25, 0.3) is 0 Å². The summed E-state index contributed by atoms with van der Waals surface area (Å²) in [6.45, 7) is 0.366. The van der Waals surface area contributed by atoms with Crippen molar-refractivity contribution in [2.45, 2.75) is 89.9 Å². The highest BCUT2D eigenvalue weighted by atomic mass is 127. The molecule has 0 aliphatic rings. The standard InChI is InChI=1S/C21H35IO/c22-21-17-15-20(16-18-21)14-12-10-8-6-4-2-1-3-5-7-9-11-13-19-23/h15-18,23H,1-14,19H2. The maximum atomic E-state index is 8.71. The Morgan fingerprint density at radius 1 is 0.565 bits per heavy atom. The van der Waals surface area contributed by atoms with Crippen molar-refractivity contribution in [3.63, 3.8) is 0 Å². The van der Waals surface area contributed by atoms with E-state index < -0.39 is 0 Å². The number of halogens is 1. The summed E-state index contributed by atoms with van der Waals surface area (Å²) in [6, 6.07) is 8.96. The van der Waals surface area contributed by atoms with Crippen LogP contribution in [-0.4, -0.2) is 11.7 Å². The van der Waals surface area contributed by atoms with E-state index in [0.29, 0.717) is 6.61 Å². The summed E-state index contributed by atoms with van der Waals surface area (Å²) in [5.74, 6) is 0. The van der Waals surface area contributed by atoms with Crippen LogP contribution in [0.25, 0.3) is 0 Å². The molecular formula is C21H35IO. The van der Waals surface area contributed by atoms with Crippen LogP contribution in [0.4, 0.5) is 0 Å². The van der Waals surface area contributed by atoms with E-state index in [2.05, 4.69) is 46.9 Å². The molecule has 1 rings (SSSR count).